The third-order valence-electron chi connectivity index (χ3n) is 5.03. The minimum atomic E-state index is 0.180. The van der Waals surface area contributed by atoms with Crippen LogP contribution in [0.3, 0.4) is 0 Å². The van der Waals surface area contributed by atoms with Gasteiger partial charge in [0.25, 0.3) is 0 Å². The standard InChI is InChI=1S/C18H21N3O2/c1-12-19-17(23-20-12)14-7-9-21(10-8-14)18(22)16-11-15(16)13-5-3-2-4-6-13/h2-6,14-16H,7-11H2,1H3/t15-,16-/m0/s1. The highest BCUT2D eigenvalue weighted by Crippen LogP contribution is 2.48. The number of nitrogens with zero attached hydrogens (tertiary/aromatic N) is 3. The quantitative estimate of drug-likeness (QED) is 0.874. The Hall–Kier alpha value is -2.17. The highest BCUT2D eigenvalue weighted by atomic mass is 16.5. The van der Waals surface area contributed by atoms with Crippen LogP contribution in [-0.2, 0) is 4.79 Å². The summed E-state index contributed by atoms with van der Waals surface area (Å²) in [6.45, 7) is 3.42. The fraction of sp³-hybridized carbons (Fsp3) is 0.500. The molecule has 1 aromatic heterocycles. The first-order chi connectivity index (χ1) is 11.2. The summed E-state index contributed by atoms with van der Waals surface area (Å²) in [5.74, 6) is 2.62. The van der Waals surface area contributed by atoms with E-state index in [0.717, 1.165) is 38.2 Å². The molecule has 5 heteroatoms. The molecule has 2 atom stereocenters. The van der Waals surface area contributed by atoms with Crippen LogP contribution >= 0.6 is 0 Å². The van der Waals surface area contributed by atoms with Gasteiger partial charge in [-0.1, -0.05) is 35.5 Å². The number of benzene rings is 1. The SMILES string of the molecule is Cc1noc(C2CCN(C(=O)[C@H]3C[C@H]3c3ccccc3)CC2)n1. The smallest absolute Gasteiger partial charge is 0.229 e. The van der Waals surface area contributed by atoms with Gasteiger partial charge in [0.15, 0.2) is 5.82 Å². The topological polar surface area (TPSA) is 59.2 Å². The molecule has 1 aliphatic carbocycles. The molecule has 5 nitrogen and oxygen atoms in total. The van der Waals surface area contributed by atoms with Gasteiger partial charge in [-0.2, -0.15) is 4.98 Å². The molecule has 2 heterocycles. The molecule has 120 valence electrons. The Kier molecular flexibility index (Phi) is 3.63. The normalized spacial score (nSPS) is 24.7. The van der Waals surface area contributed by atoms with E-state index < -0.39 is 0 Å². The average Bonchev–Trinajstić information content (AvgIpc) is 3.29. The zero-order valence-electron chi connectivity index (χ0n) is 13.3. The first-order valence-corrected chi connectivity index (χ1v) is 8.36. The number of carbonyl (C=O) groups is 1. The summed E-state index contributed by atoms with van der Waals surface area (Å²) in [5.41, 5.74) is 1.29. The first-order valence-electron chi connectivity index (χ1n) is 8.36. The van der Waals surface area contributed by atoms with Crippen molar-refractivity contribution in [2.75, 3.05) is 13.1 Å². The van der Waals surface area contributed by atoms with E-state index in [1.54, 1.807) is 0 Å². The number of piperidine rings is 1. The number of carbonyl (C=O) groups excluding carboxylic acids is 1. The van der Waals surface area contributed by atoms with Gasteiger partial charge in [0.05, 0.1) is 0 Å². The van der Waals surface area contributed by atoms with Crippen LogP contribution < -0.4 is 0 Å². The predicted octanol–water partition coefficient (Wildman–Crippen LogP) is 2.89. The van der Waals surface area contributed by atoms with Crippen LogP contribution in [0.25, 0.3) is 0 Å². The number of aryl methyl sites for hydroxylation is 1. The fourth-order valence-electron chi connectivity index (χ4n) is 3.60. The first kappa shape index (κ1) is 14.4. The second-order valence-corrected chi connectivity index (χ2v) is 6.64. The molecule has 0 unspecified atom stereocenters. The molecule has 2 aromatic rings. The summed E-state index contributed by atoms with van der Waals surface area (Å²) < 4.78 is 5.27. The maximum atomic E-state index is 12.7. The maximum absolute atomic E-state index is 12.7. The van der Waals surface area contributed by atoms with Crippen LogP contribution in [-0.4, -0.2) is 34.0 Å². The Labute approximate surface area is 135 Å². The molecule has 1 saturated heterocycles. The van der Waals surface area contributed by atoms with E-state index in [4.69, 9.17) is 4.52 Å². The van der Waals surface area contributed by atoms with Crippen LogP contribution in [0, 0.1) is 12.8 Å². The van der Waals surface area contributed by atoms with Crippen molar-refractivity contribution < 1.29 is 9.32 Å². The molecule has 4 rings (SSSR count). The number of amides is 1. The Bertz CT molecular complexity index is 689. The van der Waals surface area contributed by atoms with Gasteiger partial charge in [0, 0.05) is 24.9 Å². The van der Waals surface area contributed by atoms with Gasteiger partial charge in [-0.05, 0) is 37.7 Å². The van der Waals surface area contributed by atoms with E-state index in [1.165, 1.54) is 5.56 Å². The number of aromatic nitrogens is 2. The largest absolute Gasteiger partial charge is 0.342 e. The van der Waals surface area contributed by atoms with Gasteiger partial charge in [-0.15, -0.1) is 0 Å². The van der Waals surface area contributed by atoms with Crippen molar-refractivity contribution in [3.8, 4) is 0 Å². The molecule has 1 aliphatic heterocycles. The molecule has 1 saturated carbocycles. The van der Waals surface area contributed by atoms with E-state index >= 15 is 0 Å². The Morgan fingerprint density at radius 1 is 1.22 bits per heavy atom. The second-order valence-electron chi connectivity index (χ2n) is 6.64. The molecular formula is C18H21N3O2. The summed E-state index contributed by atoms with van der Waals surface area (Å²) in [6, 6.07) is 10.4. The highest BCUT2D eigenvalue weighted by molar-refractivity contribution is 5.83. The molecule has 1 aromatic carbocycles. The van der Waals surface area contributed by atoms with Gasteiger partial charge in [-0.3, -0.25) is 4.79 Å². The number of hydrogen-bond acceptors (Lipinski definition) is 4. The van der Waals surface area contributed by atoms with E-state index in [1.807, 2.05) is 30.0 Å². The van der Waals surface area contributed by atoms with Gasteiger partial charge in [-0.25, -0.2) is 0 Å². The molecule has 2 aliphatic rings. The monoisotopic (exact) mass is 311 g/mol. The number of rotatable bonds is 3. The highest BCUT2D eigenvalue weighted by Gasteiger charge is 2.46. The Morgan fingerprint density at radius 3 is 2.61 bits per heavy atom. The number of likely N-dealkylation sites (tertiary alicyclic amines) is 1. The summed E-state index contributed by atoms with van der Waals surface area (Å²) in [5, 5.41) is 3.86. The van der Waals surface area contributed by atoms with Crippen LogP contribution in [0.5, 0.6) is 0 Å². The van der Waals surface area contributed by atoms with Crippen molar-refractivity contribution in [2.45, 2.75) is 38.0 Å². The summed E-state index contributed by atoms with van der Waals surface area (Å²) in [4.78, 5) is 19.0. The van der Waals surface area contributed by atoms with E-state index in [0.29, 0.717) is 23.6 Å². The third-order valence-corrected chi connectivity index (χ3v) is 5.03. The molecule has 0 spiro atoms. The van der Waals surface area contributed by atoms with Crippen molar-refractivity contribution in [3.05, 3.63) is 47.6 Å². The molecule has 0 bridgehead atoms. The van der Waals surface area contributed by atoms with Crippen LogP contribution in [0.2, 0.25) is 0 Å². The Morgan fingerprint density at radius 2 is 1.96 bits per heavy atom. The minimum Gasteiger partial charge on any atom is -0.342 e. The lowest BCUT2D eigenvalue weighted by Crippen LogP contribution is -2.39. The van der Waals surface area contributed by atoms with Crippen molar-refractivity contribution in [3.63, 3.8) is 0 Å². The minimum absolute atomic E-state index is 0.180. The molecule has 2 fully saturated rings. The van der Waals surface area contributed by atoms with Crippen LogP contribution in [0.4, 0.5) is 0 Å². The van der Waals surface area contributed by atoms with Gasteiger partial charge in [0.2, 0.25) is 11.8 Å². The van der Waals surface area contributed by atoms with Crippen LogP contribution in [0.15, 0.2) is 34.9 Å². The van der Waals surface area contributed by atoms with Crippen molar-refractivity contribution in [2.24, 2.45) is 5.92 Å². The fourth-order valence-corrected chi connectivity index (χ4v) is 3.60. The van der Waals surface area contributed by atoms with Crippen LogP contribution in [0.1, 0.15) is 48.4 Å². The van der Waals surface area contributed by atoms with E-state index in [-0.39, 0.29) is 5.92 Å². The molecule has 0 radical (unpaired) electrons. The van der Waals surface area contributed by atoms with E-state index in [9.17, 15) is 4.79 Å². The molecule has 0 N–H and O–H groups in total. The van der Waals surface area contributed by atoms with E-state index in [2.05, 4.69) is 22.3 Å². The molecule has 1 amide bonds. The van der Waals surface area contributed by atoms with Crippen molar-refractivity contribution in [1.82, 2.24) is 15.0 Å². The van der Waals surface area contributed by atoms with Gasteiger partial charge < -0.3 is 9.42 Å². The zero-order valence-corrected chi connectivity index (χ0v) is 13.3. The lowest BCUT2D eigenvalue weighted by molar-refractivity contribution is -0.133. The summed E-state index contributed by atoms with van der Waals surface area (Å²) in [6.07, 6.45) is 2.82. The van der Waals surface area contributed by atoms with Crippen molar-refractivity contribution in [1.29, 1.82) is 0 Å². The summed E-state index contributed by atoms with van der Waals surface area (Å²) in [7, 11) is 0. The zero-order chi connectivity index (χ0) is 15.8. The predicted molar refractivity (Wildman–Crippen MR) is 84.9 cm³/mol. The van der Waals surface area contributed by atoms with Gasteiger partial charge >= 0.3 is 0 Å². The summed E-state index contributed by atoms with van der Waals surface area (Å²) >= 11 is 0. The molecular weight excluding hydrogens is 290 g/mol. The lowest BCUT2D eigenvalue weighted by Gasteiger charge is -2.30. The van der Waals surface area contributed by atoms with Crippen molar-refractivity contribution >= 4 is 5.91 Å². The molecule has 23 heavy (non-hydrogen) atoms. The Balaban J connectivity index is 1.33. The van der Waals surface area contributed by atoms with Gasteiger partial charge in [0.1, 0.15) is 0 Å². The third kappa shape index (κ3) is 2.87. The average molecular weight is 311 g/mol. The second kappa shape index (κ2) is 5.80. The lowest BCUT2D eigenvalue weighted by atomic mass is 9.96. The number of hydrogen-bond donors (Lipinski definition) is 0. The maximum Gasteiger partial charge on any atom is 0.229 e.